The van der Waals surface area contributed by atoms with Gasteiger partial charge in [0, 0.05) is 18.7 Å². The van der Waals surface area contributed by atoms with E-state index in [-0.39, 0.29) is 11.9 Å². The molecule has 2 N–H and O–H groups in total. The highest BCUT2D eigenvalue weighted by molar-refractivity contribution is 5.18. The number of benzene rings is 1. The summed E-state index contributed by atoms with van der Waals surface area (Å²) in [6.45, 7) is 3.66. The molecular formula is C15H22FNO2. The zero-order chi connectivity index (χ0) is 13.7. The fraction of sp³-hybridized carbons (Fsp3) is 0.600. The molecule has 1 heterocycles. The van der Waals surface area contributed by atoms with E-state index >= 15 is 0 Å². The number of halogens is 1. The molecule has 2 rings (SSSR count). The third kappa shape index (κ3) is 4.56. The Morgan fingerprint density at radius 3 is 2.79 bits per heavy atom. The summed E-state index contributed by atoms with van der Waals surface area (Å²) < 4.78 is 18.2. The van der Waals surface area contributed by atoms with Crippen molar-refractivity contribution in [2.75, 3.05) is 13.2 Å². The van der Waals surface area contributed by atoms with Crippen LogP contribution in [0, 0.1) is 5.82 Å². The fourth-order valence-corrected chi connectivity index (χ4v) is 2.50. The molecule has 0 unspecified atom stereocenters. The summed E-state index contributed by atoms with van der Waals surface area (Å²) in [6, 6.07) is 6.61. The Morgan fingerprint density at radius 2 is 2.16 bits per heavy atom. The van der Waals surface area contributed by atoms with Gasteiger partial charge in [0.05, 0.1) is 12.7 Å². The second kappa shape index (κ2) is 6.98. The van der Waals surface area contributed by atoms with Gasteiger partial charge in [0.2, 0.25) is 0 Å². The quantitative estimate of drug-likeness (QED) is 0.861. The van der Waals surface area contributed by atoms with Crippen LogP contribution in [0.1, 0.15) is 37.9 Å². The first-order valence-electron chi connectivity index (χ1n) is 6.92. The van der Waals surface area contributed by atoms with Crippen LogP contribution in [0.4, 0.5) is 4.39 Å². The van der Waals surface area contributed by atoms with E-state index in [1.54, 1.807) is 12.1 Å². The Kier molecular flexibility index (Phi) is 5.31. The Balaban J connectivity index is 1.80. The molecule has 3 nitrogen and oxygen atoms in total. The van der Waals surface area contributed by atoms with Gasteiger partial charge in [-0.05, 0) is 43.9 Å². The number of hydrogen-bond acceptors (Lipinski definition) is 3. The molecular weight excluding hydrogens is 245 g/mol. The first kappa shape index (κ1) is 14.4. The molecule has 3 atom stereocenters. The van der Waals surface area contributed by atoms with Crippen LogP contribution in [0.3, 0.4) is 0 Å². The molecule has 0 saturated carbocycles. The van der Waals surface area contributed by atoms with E-state index in [9.17, 15) is 9.50 Å². The minimum atomic E-state index is -0.562. The van der Waals surface area contributed by atoms with Crippen LogP contribution in [0.25, 0.3) is 0 Å². The maximum absolute atomic E-state index is 12.8. The lowest BCUT2D eigenvalue weighted by Gasteiger charge is -2.27. The number of aliphatic hydroxyl groups is 1. The summed E-state index contributed by atoms with van der Waals surface area (Å²) in [4.78, 5) is 0. The van der Waals surface area contributed by atoms with Gasteiger partial charge in [-0.3, -0.25) is 0 Å². The van der Waals surface area contributed by atoms with Crippen LogP contribution in [-0.4, -0.2) is 30.4 Å². The highest BCUT2D eigenvalue weighted by Crippen LogP contribution is 2.19. The Labute approximate surface area is 113 Å². The third-order valence-corrected chi connectivity index (χ3v) is 3.51. The van der Waals surface area contributed by atoms with Crippen LogP contribution in [0.2, 0.25) is 0 Å². The van der Waals surface area contributed by atoms with Crippen molar-refractivity contribution in [2.24, 2.45) is 0 Å². The van der Waals surface area contributed by atoms with Crippen molar-refractivity contribution in [1.29, 1.82) is 0 Å². The van der Waals surface area contributed by atoms with E-state index in [1.807, 2.05) is 0 Å². The molecule has 1 saturated heterocycles. The molecule has 1 aromatic carbocycles. The SMILES string of the molecule is C[C@H](C[C@@H](O)c1ccc(F)cc1)N[C@H]1CCCOC1. The molecule has 1 fully saturated rings. The maximum atomic E-state index is 12.8. The van der Waals surface area contributed by atoms with Gasteiger partial charge >= 0.3 is 0 Å². The van der Waals surface area contributed by atoms with Gasteiger partial charge in [-0.15, -0.1) is 0 Å². The van der Waals surface area contributed by atoms with Gasteiger partial charge in [-0.1, -0.05) is 12.1 Å². The van der Waals surface area contributed by atoms with E-state index in [4.69, 9.17) is 4.74 Å². The topological polar surface area (TPSA) is 41.5 Å². The highest BCUT2D eigenvalue weighted by atomic mass is 19.1. The van der Waals surface area contributed by atoms with E-state index < -0.39 is 6.10 Å². The van der Waals surface area contributed by atoms with Crippen molar-refractivity contribution in [3.63, 3.8) is 0 Å². The van der Waals surface area contributed by atoms with Crippen LogP contribution >= 0.6 is 0 Å². The molecule has 0 bridgehead atoms. The van der Waals surface area contributed by atoms with Crippen LogP contribution in [-0.2, 0) is 4.74 Å². The predicted molar refractivity (Wildman–Crippen MR) is 72.4 cm³/mol. The van der Waals surface area contributed by atoms with Gasteiger partial charge in [0.15, 0.2) is 0 Å². The van der Waals surface area contributed by atoms with E-state index in [0.29, 0.717) is 12.5 Å². The second-order valence-corrected chi connectivity index (χ2v) is 5.28. The third-order valence-electron chi connectivity index (χ3n) is 3.51. The molecule has 1 aliphatic heterocycles. The minimum Gasteiger partial charge on any atom is -0.388 e. The first-order valence-corrected chi connectivity index (χ1v) is 6.92. The summed E-state index contributed by atoms with van der Waals surface area (Å²) >= 11 is 0. The van der Waals surface area contributed by atoms with Crippen LogP contribution in [0.5, 0.6) is 0 Å². The Hall–Kier alpha value is -0.970. The number of hydrogen-bond donors (Lipinski definition) is 2. The Bertz CT molecular complexity index is 376. The second-order valence-electron chi connectivity index (χ2n) is 5.28. The average Bonchev–Trinajstić information content (AvgIpc) is 2.40. The highest BCUT2D eigenvalue weighted by Gasteiger charge is 2.18. The van der Waals surface area contributed by atoms with Gasteiger partial charge < -0.3 is 15.2 Å². The van der Waals surface area contributed by atoms with Gasteiger partial charge in [-0.2, -0.15) is 0 Å². The van der Waals surface area contributed by atoms with Crippen molar-refractivity contribution in [1.82, 2.24) is 5.32 Å². The Morgan fingerprint density at radius 1 is 1.42 bits per heavy atom. The fourth-order valence-electron chi connectivity index (χ4n) is 2.50. The summed E-state index contributed by atoms with van der Waals surface area (Å²) in [6.07, 6.45) is 2.26. The molecule has 0 amide bonds. The van der Waals surface area contributed by atoms with E-state index in [2.05, 4.69) is 12.2 Å². The minimum absolute atomic E-state index is 0.201. The van der Waals surface area contributed by atoms with Gasteiger partial charge in [0.25, 0.3) is 0 Å². The molecule has 4 heteroatoms. The zero-order valence-corrected chi connectivity index (χ0v) is 11.3. The standard InChI is InChI=1S/C15H22FNO2/c1-11(17-14-3-2-8-19-10-14)9-15(18)12-4-6-13(16)7-5-12/h4-7,11,14-15,17-18H,2-3,8-10H2,1H3/t11-,14+,15-/m1/s1. The molecule has 19 heavy (non-hydrogen) atoms. The summed E-state index contributed by atoms with van der Waals surface area (Å²) in [5, 5.41) is 13.6. The summed E-state index contributed by atoms with van der Waals surface area (Å²) in [5.74, 6) is -0.276. The smallest absolute Gasteiger partial charge is 0.123 e. The van der Waals surface area contributed by atoms with E-state index in [0.717, 1.165) is 31.6 Å². The molecule has 0 spiro atoms. The molecule has 1 aliphatic rings. The predicted octanol–water partition coefficient (Wildman–Crippen LogP) is 2.41. The lowest BCUT2D eigenvalue weighted by molar-refractivity contribution is 0.0628. The molecule has 0 aromatic heterocycles. The van der Waals surface area contributed by atoms with Crippen LogP contribution in [0.15, 0.2) is 24.3 Å². The van der Waals surface area contributed by atoms with Gasteiger partial charge in [0.1, 0.15) is 5.82 Å². The van der Waals surface area contributed by atoms with Crippen molar-refractivity contribution < 1.29 is 14.2 Å². The van der Waals surface area contributed by atoms with Crippen molar-refractivity contribution in [2.45, 2.75) is 44.4 Å². The normalized spacial score (nSPS) is 23.0. The number of rotatable bonds is 5. The van der Waals surface area contributed by atoms with Crippen molar-refractivity contribution in [3.8, 4) is 0 Å². The molecule has 106 valence electrons. The molecule has 0 radical (unpaired) electrons. The maximum Gasteiger partial charge on any atom is 0.123 e. The summed E-state index contributed by atoms with van der Waals surface area (Å²) in [5.41, 5.74) is 0.759. The lowest BCUT2D eigenvalue weighted by atomic mass is 10.0. The number of nitrogens with one attached hydrogen (secondary N) is 1. The monoisotopic (exact) mass is 267 g/mol. The zero-order valence-electron chi connectivity index (χ0n) is 11.3. The lowest BCUT2D eigenvalue weighted by Crippen LogP contribution is -2.42. The number of aliphatic hydroxyl groups excluding tert-OH is 1. The van der Waals surface area contributed by atoms with Crippen molar-refractivity contribution in [3.05, 3.63) is 35.6 Å². The number of ether oxygens (including phenoxy) is 1. The first-order chi connectivity index (χ1) is 9.15. The molecule has 0 aliphatic carbocycles. The average molecular weight is 267 g/mol. The van der Waals surface area contributed by atoms with E-state index in [1.165, 1.54) is 12.1 Å². The largest absolute Gasteiger partial charge is 0.388 e. The van der Waals surface area contributed by atoms with Crippen LogP contribution < -0.4 is 5.32 Å². The van der Waals surface area contributed by atoms with Gasteiger partial charge in [-0.25, -0.2) is 4.39 Å². The van der Waals surface area contributed by atoms with Crippen molar-refractivity contribution >= 4 is 0 Å². The molecule has 1 aromatic rings. The summed E-state index contributed by atoms with van der Waals surface area (Å²) in [7, 11) is 0.